The molecule has 4 amide bonds. The average Bonchev–Trinajstić information content (AvgIpc) is 1.03. The van der Waals surface area contributed by atoms with Crippen LogP contribution in [0.3, 0.4) is 0 Å². The third-order valence-corrected chi connectivity index (χ3v) is 16.8. The van der Waals surface area contributed by atoms with Crippen LogP contribution in [0.1, 0.15) is 129 Å². The summed E-state index contributed by atoms with van der Waals surface area (Å²) < 4.78 is 58.0. The van der Waals surface area contributed by atoms with Gasteiger partial charge in [-0.05, 0) is 172 Å². The van der Waals surface area contributed by atoms with Gasteiger partial charge in [-0.2, -0.15) is 0 Å². The standard InChI is InChI=1S/C71H86N6O16/c1-9-55(52-40-62(86-5)67(89-8)63(41-52)87-6)69(81)77-35-13-11-25-57(77)71(83)93-59(29-27-48-19-17-31-73-43-48)50-21-15-23-54(37-50)91-45-65(79)75-33-32-74-64(78)44-90-53-22-14-20-49(36-53)58(28-26-47-18-16-30-72-42-47)92-70(82)56-24-10-12-34-76(56)68(80)46(2)51-38-60(84-3)66(88-7)61(39-51)85-4/h14-23,30-31,36-43,46,55-59H,9-13,24-29,32-35,44-45H2,1-8H3,(H,74,78)(H,75,79)/t46?,55?,56-,57-,58?,59?/m0/s1. The number of methoxy groups -OCH3 is 6. The lowest BCUT2D eigenvalue weighted by atomic mass is 9.91. The molecule has 496 valence electrons. The summed E-state index contributed by atoms with van der Waals surface area (Å²) in [5.74, 6) is -0.392. The summed E-state index contributed by atoms with van der Waals surface area (Å²) in [6.07, 6.45) is 11.5. The van der Waals surface area contributed by atoms with E-state index < -0.39 is 59.9 Å². The van der Waals surface area contributed by atoms with Gasteiger partial charge in [0.15, 0.2) is 36.2 Å². The molecule has 2 aliphatic rings. The average molecular weight is 1280 g/mol. The van der Waals surface area contributed by atoms with Gasteiger partial charge in [-0.3, -0.25) is 29.1 Å². The molecular formula is C71H86N6O16. The van der Waals surface area contributed by atoms with E-state index in [1.165, 1.54) is 42.7 Å². The van der Waals surface area contributed by atoms with E-state index >= 15 is 0 Å². The maximum atomic E-state index is 14.5. The van der Waals surface area contributed by atoms with Crippen LogP contribution in [-0.2, 0) is 51.1 Å². The van der Waals surface area contributed by atoms with Gasteiger partial charge in [0, 0.05) is 51.0 Å². The van der Waals surface area contributed by atoms with Crippen molar-refractivity contribution in [3.8, 4) is 46.0 Å². The molecule has 8 rings (SSSR count). The summed E-state index contributed by atoms with van der Waals surface area (Å²) >= 11 is 0. The summed E-state index contributed by atoms with van der Waals surface area (Å²) in [5, 5.41) is 5.53. The molecule has 0 saturated carbocycles. The molecule has 6 atom stereocenters. The van der Waals surface area contributed by atoms with E-state index in [1.54, 1.807) is 102 Å². The predicted molar refractivity (Wildman–Crippen MR) is 345 cm³/mol. The summed E-state index contributed by atoms with van der Waals surface area (Å²) in [6.45, 7) is 3.98. The zero-order valence-electron chi connectivity index (χ0n) is 54.4. The Hall–Kier alpha value is -9.60. The topological polar surface area (TPSA) is 251 Å². The van der Waals surface area contributed by atoms with Crippen LogP contribution in [0, 0.1) is 0 Å². The molecular weight excluding hydrogens is 1190 g/mol. The number of carbonyl (C=O) groups is 6. The molecule has 4 aromatic carbocycles. The van der Waals surface area contributed by atoms with Gasteiger partial charge >= 0.3 is 11.9 Å². The number of aryl methyl sites for hydroxylation is 2. The number of pyridine rings is 2. The molecule has 4 heterocycles. The van der Waals surface area contributed by atoms with E-state index in [0.29, 0.717) is 126 Å². The third kappa shape index (κ3) is 18.6. The van der Waals surface area contributed by atoms with E-state index in [-0.39, 0.29) is 38.1 Å². The minimum Gasteiger partial charge on any atom is -0.493 e. The van der Waals surface area contributed by atoms with Gasteiger partial charge in [-0.25, -0.2) is 9.59 Å². The first-order valence-electron chi connectivity index (χ1n) is 31.6. The fraction of sp³-hybridized carbons (Fsp3) is 0.437. The number of aromatic nitrogens is 2. The van der Waals surface area contributed by atoms with Gasteiger partial charge in [-0.15, -0.1) is 0 Å². The fourth-order valence-electron chi connectivity index (χ4n) is 11.8. The van der Waals surface area contributed by atoms with E-state index in [9.17, 15) is 28.8 Å². The van der Waals surface area contributed by atoms with Gasteiger partial charge in [-0.1, -0.05) is 43.3 Å². The number of nitrogens with zero attached hydrogens (tertiary/aromatic N) is 4. The van der Waals surface area contributed by atoms with Crippen molar-refractivity contribution < 1.29 is 76.1 Å². The highest BCUT2D eigenvalue weighted by Gasteiger charge is 2.40. The molecule has 0 spiro atoms. The van der Waals surface area contributed by atoms with E-state index in [4.69, 9.17) is 47.4 Å². The Balaban J connectivity index is 0.842. The van der Waals surface area contributed by atoms with Crippen LogP contribution < -0.4 is 48.5 Å². The first kappa shape index (κ1) is 69.3. The van der Waals surface area contributed by atoms with Crippen LogP contribution in [-0.4, -0.2) is 149 Å². The number of benzene rings is 4. The first-order valence-corrected chi connectivity index (χ1v) is 31.6. The molecule has 2 aromatic heterocycles. The van der Waals surface area contributed by atoms with Crippen molar-refractivity contribution in [2.24, 2.45) is 0 Å². The predicted octanol–water partition coefficient (Wildman–Crippen LogP) is 9.41. The fourth-order valence-corrected chi connectivity index (χ4v) is 11.8. The number of hydrogen-bond donors (Lipinski definition) is 2. The molecule has 6 aromatic rings. The minimum absolute atomic E-state index is 0.0931. The Labute approximate surface area is 543 Å². The van der Waals surface area contributed by atoms with Crippen LogP contribution in [0.5, 0.6) is 46.0 Å². The number of amides is 4. The third-order valence-electron chi connectivity index (χ3n) is 16.8. The minimum atomic E-state index is -0.826. The maximum Gasteiger partial charge on any atom is 0.329 e. The molecule has 0 bridgehead atoms. The van der Waals surface area contributed by atoms with Crippen molar-refractivity contribution in [3.63, 3.8) is 0 Å². The second-order valence-corrected chi connectivity index (χ2v) is 22.8. The highest BCUT2D eigenvalue weighted by atomic mass is 16.6. The van der Waals surface area contributed by atoms with Gasteiger partial charge in [0.2, 0.25) is 23.3 Å². The van der Waals surface area contributed by atoms with Gasteiger partial charge in [0.25, 0.3) is 11.8 Å². The lowest BCUT2D eigenvalue weighted by Gasteiger charge is -2.37. The molecule has 4 unspecified atom stereocenters. The summed E-state index contributed by atoms with van der Waals surface area (Å²) in [5.41, 5.74) is 4.48. The Morgan fingerprint density at radius 3 is 1.34 bits per heavy atom. The molecule has 2 N–H and O–H groups in total. The quantitative estimate of drug-likeness (QED) is 0.0295. The number of piperidine rings is 2. The molecule has 2 fully saturated rings. The Bertz CT molecular complexity index is 3410. The Morgan fingerprint density at radius 2 is 0.946 bits per heavy atom. The molecule has 2 saturated heterocycles. The van der Waals surface area contributed by atoms with Crippen molar-refractivity contribution >= 4 is 35.6 Å². The molecule has 2 aliphatic heterocycles. The molecule has 93 heavy (non-hydrogen) atoms. The Morgan fingerprint density at radius 1 is 0.516 bits per heavy atom. The smallest absolute Gasteiger partial charge is 0.329 e. The highest BCUT2D eigenvalue weighted by Crippen LogP contribution is 2.43. The lowest BCUT2D eigenvalue weighted by molar-refractivity contribution is -0.162. The number of nitrogens with one attached hydrogen (secondary N) is 2. The molecule has 22 heteroatoms. The van der Waals surface area contributed by atoms with Crippen molar-refractivity contribution in [2.45, 2.75) is 121 Å². The number of rotatable bonds is 32. The largest absolute Gasteiger partial charge is 0.493 e. The normalized spacial score (nSPS) is 15.8. The zero-order valence-corrected chi connectivity index (χ0v) is 54.4. The van der Waals surface area contributed by atoms with Crippen LogP contribution in [0.25, 0.3) is 0 Å². The van der Waals surface area contributed by atoms with Crippen molar-refractivity contribution in [2.75, 3.05) is 82.1 Å². The van der Waals surface area contributed by atoms with Crippen LogP contribution in [0.4, 0.5) is 0 Å². The second kappa shape index (κ2) is 34.7. The Kier molecular flexibility index (Phi) is 25.9. The summed E-state index contributed by atoms with van der Waals surface area (Å²) in [7, 11) is 9.10. The zero-order chi connectivity index (χ0) is 66.2. The van der Waals surface area contributed by atoms with Crippen molar-refractivity contribution in [1.82, 2.24) is 30.4 Å². The van der Waals surface area contributed by atoms with Crippen LogP contribution >= 0.6 is 0 Å². The number of likely N-dealkylation sites (tertiary alicyclic amines) is 2. The number of carbonyl (C=O) groups excluding carboxylic acids is 6. The maximum absolute atomic E-state index is 14.5. The summed E-state index contributed by atoms with van der Waals surface area (Å²) in [4.78, 5) is 95.6. The van der Waals surface area contributed by atoms with Gasteiger partial charge in [0.05, 0.1) is 54.5 Å². The van der Waals surface area contributed by atoms with Gasteiger partial charge < -0.3 is 67.8 Å². The van der Waals surface area contributed by atoms with E-state index in [1.807, 2.05) is 43.3 Å². The lowest BCUT2D eigenvalue weighted by Crippen LogP contribution is -2.50. The van der Waals surface area contributed by atoms with Gasteiger partial charge in [0.1, 0.15) is 35.8 Å². The number of hydrogen-bond acceptors (Lipinski definition) is 18. The molecule has 0 aliphatic carbocycles. The molecule has 22 nitrogen and oxygen atoms in total. The van der Waals surface area contributed by atoms with Crippen molar-refractivity contribution in [1.29, 1.82) is 0 Å². The van der Waals surface area contributed by atoms with Crippen molar-refractivity contribution in [3.05, 3.63) is 155 Å². The van der Waals surface area contributed by atoms with Crippen LogP contribution in [0.15, 0.2) is 122 Å². The number of ether oxygens (including phenoxy) is 10. The van der Waals surface area contributed by atoms with E-state index in [0.717, 1.165) is 36.8 Å². The second-order valence-electron chi connectivity index (χ2n) is 22.8. The summed E-state index contributed by atoms with van der Waals surface area (Å²) in [6, 6.07) is 27.0. The van der Waals surface area contributed by atoms with Crippen LogP contribution in [0.2, 0.25) is 0 Å². The van der Waals surface area contributed by atoms with E-state index in [2.05, 4.69) is 20.6 Å². The number of esters is 2. The first-order chi connectivity index (χ1) is 45.2. The SMILES string of the molecule is CCC(C(=O)N1CCCC[C@H]1C(=O)OC(CCc1cccnc1)c1cccc(OCC(=O)NCCNC(=O)COc2cccc(C(CCc3cccnc3)OC(=O)[C@@H]3CCCCN3C(=O)C(C)c3cc(OC)c(OC)c(OC)c3)c2)c1)c1cc(OC)c(OC)c(OC)c1. The monoisotopic (exact) mass is 1280 g/mol. The molecule has 0 radical (unpaired) electrons. The highest BCUT2D eigenvalue weighted by molar-refractivity contribution is 5.90.